The molecular formula is C8H13N3O. The molecule has 0 aliphatic carbocycles. The fourth-order valence-electron chi connectivity index (χ4n) is 0.989. The van der Waals surface area contributed by atoms with Crippen LogP contribution in [0.25, 0.3) is 0 Å². The van der Waals surface area contributed by atoms with Crippen molar-refractivity contribution in [3.63, 3.8) is 0 Å². The number of hydrogen-bond donors (Lipinski definition) is 0. The second kappa shape index (κ2) is 3.47. The molecule has 12 heavy (non-hydrogen) atoms. The van der Waals surface area contributed by atoms with E-state index in [0.29, 0.717) is 12.2 Å². The van der Waals surface area contributed by atoms with Gasteiger partial charge in [-0.3, -0.25) is 4.79 Å². The monoisotopic (exact) mass is 167 g/mol. The number of carbonyl (C=O) groups is 1. The highest BCUT2D eigenvalue weighted by atomic mass is 16.1. The zero-order valence-electron chi connectivity index (χ0n) is 7.66. The molecule has 0 saturated heterocycles. The van der Waals surface area contributed by atoms with Crippen LogP contribution in [0.5, 0.6) is 0 Å². The minimum Gasteiger partial charge on any atom is -0.312 e. The molecule has 4 nitrogen and oxygen atoms in total. The van der Waals surface area contributed by atoms with Crippen LogP contribution in [0.15, 0.2) is 0 Å². The first-order chi connectivity index (χ1) is 5.66. The quantitative estimate of drug-likeness (QED) is 0.633. The van der Waals surface area contributed by atoms with Gasteiger partial charge in [0.05, 0.1) is 0 Å². The summed E-state index contributed by atoms with van der Waals surface area (Å²) in [6.07, 6.45) is 1.40. The Bertz CT molecular complexity index is 290. The maximum atomic E-state index is 11.4. The summed E-state index contributed by atoms with van der Waals surface area (Å²) in [5.74, 6) is 1.31. The van der Waals surface area contributed by atoms with Crippen LogP contribution in [0.1, 0.15) is 36.2 Å². The van der Waals surface area contributed by atoms with Gasteiger partial charge >= 0.3 is 0 Å². The van der Waals surface area contributed by atoms with E-state index < -0.39 is 0 Å². The van der Waals surface area contributed by atoms with E-state index in [1.165, 1.54) is 0 Å². The van der Waals surface area contributed by atoms with Crippen molar-refractivity contribution in [3.05, 3.63) is 11.6 Å². The Morgan fingerprint density at radius 1 is 1.50 bits per heavy atom. The third-order valence-electron chi connectivity index (χ3n) is 1.82. The summed E-state index contributed by atoms with van der Waals surface area (Å²) >= 11 is 0. The number of carbonyl (C=O) groups excluding carboxylic acids is 1. The predicted octanol–water partition coefficient (Wildman–Crippen LogP) is 1.11. The topological polar surface area (TPSA) is 47.8 Å². The standard InChI is InChI=1S/C8H13N3O/c1-4-5-7(12)8-10-9-6(2)11(8)3/h4-5H2,1-3H3. The maximum absolute atomic E-state index is 11.4. The molecule has 0 aromatic carbocycles. The Hall–Kier alpha value is -1.19. The van der Waals surface area contributed by atoms with E-state index >= 15 is 0 Å². The first-order valence-corrected chi connectivity index (χ1v) is 4.06. The lowest BCUT2D eigenvalue weighted by Crippen LogP contribution is -2.07. The molecule has 0 aliphatic heterocycles. The lowest BCUT2D eigenvalue weighted by Gasteiger charge is -1.98. The Labute approximate surface area is 71.6 Å². The van der Waals surface area contributed by atoms with Crippen LogP contribution in [0.3, 0.4) is 0 Å². The molecule has 0 atom stereocenters. The summed E-state index contributed by atoms with van der Waals surface area (Å²) in [4.78, 5) is 11.4. The van der Waals surface area contributed by atoms with Crippen LogP contribution in [0.2, 0.25) is 0 Å². The number of aryl methyl sites for hydroxylation is 1. The average molecular weight is 167 g/mol. The molecule has 0 unspecified atom stereocenters. The largest absolute Gasteiger partial charge is 0.312 e. The van der Waals surface area contributed by atoms with Crippen molar-refractivity contribution in [2.75, 3.05) is 0 Å². The Kier molecular flexibility index (Phi) is 2.58. The third kappa shape index (κ3) is 1.52. The number of aromatic nitrogens is 3. The van der Waals surface area contributed by atoms with Crippen molar-refractivity contribution in [3.8, 4) is 0 Å². The van der Waals surface area contributed by atoms with Crippen LogP contribution < -0.4 is 0 Å². The maximum Gasteiger partial charge on any atom is 0.200 e. The van der Waals surface area contributed by atoms with Gasteiger partial charge in [-0.1, -0.05) is 6.92 Å². The minimum absolute atomic E-state index is 0.0700. The molecule has 0 bridgehead atoms. The molecule has 1 heterocycles. The van der Waals surface area contributed by atoms with Crippen LogP contribution >= 0.6 is 0 Å². The molecule has 1 aromatic rings. The van der Waals surface area contributed by atoms with Crippen molar-refractivity contribution in [1.29, 1.82) is 0 Å². The van der Waals surface area contributed by atoms with Crippen LogP contribution in [0, 0.1) is 6.92 Å². The molecule has 0 spiro atoms. The predicted molar refractivity (Wildman–Crippen MR) is 45.0 cm³/mol. The summed E-state index contributed by atoms with van der Waals surface area (Å²) in [7, 11) is 1.80. The van der Waals surface area contributed by atoms with E-state index in [0.717, 1.165) is 12.2 Å². The zero-order chi connectivity index (χ0) is 9.14. The van der Waals surface area contributed by atoms with Gasteiger partial charge in [-0.25, -0.2) is 0 Å². The van der Waals surface area contributed by atoms with E-state index in [1.807, 2.05) is 13.8 Å². The molecule has 66 valence electrons. The number of nitrogens with zero attached hydrogens (tertiary/aromatic N) is 3. The van der Waals surface area contributed by atoms with Gasteiger partial charge in [-0.2, -0.15) is 0 Å². The van der Waals surface area contributed by atoms with E-state index in [1.54, 1.807) is 11.6 Å². The van der Waals surface area contributed by atoms with Crippen LogP contribution in [-0.2, 0) is 7.05 Å². The number of hydrogen-bond acceptors (Lipinski definition) is 3. The van der Waals surface area contributed by atoms with Crippen molar-refractivity contribution < 1.29 is 4.79 Å². The van der Waals surface area contributed by atoms with Crippen molar-refractivity contribution in [1.82, 2.24) is 14.8 Å². The highest BCUT2D eigenvalue weighted by Gasteiger charge is 2.12. The van der Waals surface area contributed by atoms with E-state index in [2.05, 4.69) is 10.2 Å². The number of Topliss-reactive ketones (excluding diaryl/α,β-unsaturated/α-hetero) is 1. The van der Waals surface area contributed by atoms with E-state index in [4.69, 9.17) is 0 Å². The number of rotatable bonds is 3. The summed E-state index contributed by atoms with van der Waals surface area (Å²) < 4.78 is 1.72. The molecule has 0 radical (unpaired) electrons. The van der Waals surface area contributed by atoms with E-state index in [9.17, 15) is 4.79 Å². The van der Waals surface area contributed by atoms with Gasteiger partial charge in [-0.05, 0) is 13.3 Å². The molecule has 0 saturated carbocycles. The average Bonchev–Trinajstić information content (AvgIpc) is 2.34. The fraction of sp³-hybridized carbons (Fsp3) is 0.625. The van der Waals surface area contributed by atoms with Crippen LogP contribution in [-0.4, -0.2) is 20.5 Å². The smallest absolute Gasteiger partial charge is 0.200 e. The normalized spacial score (nSPS) is 10.2. The van der Waals surface area contributed by atoms with Gasteiger partial charge in [0, 0.05) is 13.5 Å². The van der Waals surface area contributed by atoms with Gasteiger partial charge in [0.1, 0.15) is 5.82 Å². The molecule has 0 N–H and O–H groups in total. The van der Waals surface area contributed by atoms with Gasteiger partial charge in [0.2, 0.25) is 0 Å². The SMILES string of the molecule is CCCC(=O)c1nnc(C)n1C. The van der Waals surface area contributed by atoms with Gasteiger partial charge < -0.3 is 4.57 Å². The van der Waals surface area contributed by atoms with E-state index in [-0.39, 0.29) is 5.78 Å². The lowest BCUT2D eigenvalue weighted by molar-refractivity contribution is 0.0968. The van der Waals surface area contributed by atoms with Gasteiger partial charge in [0.15, 0.2) is 11.6 Å². The summed E-state index contributed by atoms with van der Waals surface area (Å²) in [5, 5.41) is 7.61. The fourth-order valence-corrected chi connectivity index (χ4v) is 0.989. The van der Waals surface area contributed by atoms with Gasteiger partial charge in [-0.15, -0.1) is 10.2 Å². The molecule has 0 amide bonds. The minimum atomic E-state index is 0.0700. The molecule has 4 heteroatoms. The number of ketones is 1. The summed E-state index contributed by atoms with van der Waals surface area (Å²) in [6, 6.07) is 0. The third-order valence-corrected chi connectivity index (χ3v) is 1.82. The first kappa shape index (κ1) is 8.90. The summed E-state index contributed by atoms with van der Waals surface area (Å²) in [5.41, 5.74) is 0. The summed E-state index contributed by atoms with van der Waals surface area (Å²) in [6.45, 7) is 3.80. The van der Waals surface area contributed by atoms with Gasteiger partial charge in [0.25, 0.3) is 0 Å². The first-order valence-electron chi connectivity index (χ1n) is 4.06. The highest BCUT2D eigenvalue weighted by Crippen LogP contribution is 2.02. The highest BCUT2D eigenvalue weighted by molar-refractivity contribution is 5.92. The van der Waals surface area contributed by atoms with Crippen molar-refractivity contribution >= 4 is 5.78 Å². The molecular weight excluding hydrogens is 154 g/mol. The Balaban J connectivity index is 2.88. The van der Waals surface area contributed by atoms with Crippen molar-refractivity contribution in [2.45, 2.75) is 26.7 Å². The second-order valence-corrected chi connectivity index (χ2v) is 2.80. The zero-order valence-corrected chi connectivity index (χ0v) is 7.66. The Morgan fingerprint density at radius 2 is 2.17 bits per heavy atom. The molecule has 1 aromatic heterocycles. The lowest BCUT2D eigenvalue weighted by atomic mass is 10.2. The second-order valence-electron chi connectivity index (χ2n) is 2.80. The van der Waals surface area contributed by atoms with Crippen molar-refractivity contribution in [2.24, 2.45) is 7.05 Å². The van der Waals surface area contributed by atoms with Crippen LogP contribution in [0.4, 0.5) is 0 Å². The molecule has 0 fully saturated rings. The molecule has 1 rings (SSSR count). The molecule has 0 aliphatic rings. The Morgan fingerprint density at radius 3 is 2.58 bits per heavy atom.